The highest BCUT2D eigenvalue weighted by atomic mass is 16.2. The van der Waals surface area contributed by atoms with Crippen LogP contribution in [0, 0.1) is 5.92 Å². The third-order valence-corrected chi connectivity index (χ3v) is 4.01. The monoisotopic (exact) mass is 255 g/mol. The Morgan fingerprint density at radius 3 is 2.50 bits per heavy atom. The van der Waals surface area contributed by atoms with Crippen molar-refractivity contribution in [1.29, 1.82) is 0 Å². The van der Waals surface area contributed by atoms with E-state index in [9.17, 15) is 9.59 Å². The number of rotatable bonds is 3. The number of nitrogens with zero attached hydrogens (tertiary/aromatic N) is 2. The zero-order valence-electron chi connectivity index (χ0n) is 12.1. The topological polar surface area (TPSA) is 66.6 Å². The first kappa shape index (κ1) is 15.0. The van der Waals surface area contributed by atoms with Gasteiger partial charge in [-0.25, -0.2) is 0 Å². The minimum Gasteiger partial charge on any atom is -0.342 e. The summed E-state index contributed by atoms with van der Waals surface area (Å²) in [5.74, 6) is -0.0164. The van der Waals surface area contributed by atoms with Crippen molar-refractivity contribution in [2.45, 2.75) is 45.7 Å². The number of piperazine rings is 1. The zero-order chi connectivity index (χ0) is 14.1. The zero-order valence-corrected chi connectivity index (χ0v) is 12.1. The van der Waals surface area contributed by atoms with Crippen LogP contribution in [0.4, 0.5) is 0 Å². The number of nitrogens with two attached hydrogens (primary N) is 1. The maximum atomic E-state index is 12.4. The Hall–Kier alpha value is -1.10. The molecule has 0 aromatic rings. The molecule has 0 aromatic heterocycles. The largest absolute Gasteiger partial charge is 0.342 e. The second kappa shape index (κ2) is 5.26. The van der Waals surface area contributed by atoms with Crippen LogP contribution in [-0.2, 0) is 9.59 Å². The number of likely N-dealkylation sites (N-methyl/N-ethyl adjacent to an activating group) is 1. The third kappa shape index (κ3) is 2.51. The lowest BCUT2D eigenvalue weighted by Gasteiger charge is -2.46. The fourth-order valence-corrected chi connectivity index (χ4v) is 2.28. The minimum absolute atomic E-state index is 0.0292. The number of carbonyl (C=O) groups excluding carboxylic acids is 2. The van der Waals surface area contributed by atoms with Crippen LogP contribution in [-0.4, -0.2) is 53.3 Å². The van der Waals surface area contributed by atoms with Crippen LogP contribution in [0.2, 0.25) is 0 Å². The van der Waals surface area contributed by atoms with Gasteiger partial charge in [-0.05, 0) is 19.8 Å². The molecule has 0 spiro atoms. The Kier molecular flexibility index (Phi) is 4.37. The second-order valence-corrected chi connectivity index (χ2v) is 5.69. The van der Waals surface area contributed by atoms with Crippen molar-refractivity contribution in [2.75, 3.05) is 20.1 Å². The lowest BCUT2D eigenvalue weighted by atomic mass is 9.93. The molecule has 1 aliphatic heterocycles. The Balaban J connectivity index is 2.89. The number of amides is 2. The molecule has 1 aliphatic rings. The first-order chi connectivity index (χ1) is 8.23. The molecule has 0 saturated carbocycles. The van der Waals surface area contributed by atoms with Crippen LogP contribution in [0.15, 0.2) is 0 Å². The Morgan fingerprint density at radius 2 is 2.00 bits per heavy atom. The number of hydrogen-bond donors (Lipinski definition) is 1. The molecule has 1 saturated heterocycles. The summed E-state index contributed by atoms with van der Waals surface area (Å²) in [4.78, 5) is 27.8. The van der Waals surface area contributed by atoms with Crippen molar-refractivity contribution in [1.82, 2.24) is 9.80 Å². The molecule has 1 heterocycles. The average Bonchev–Trinajstić information content (AvgIpc) is 2.33. The molecule has 18 heavy (non-hydrogen) atoms. The van der Waals surface area contributed by atoms with Gasteiger partial charge in [0.15, 0.2) is 0 Å². The molecule has 2 N–H and O–H groups in total. The number of hydrogen-bond acceptors (Lipinski definition) is 3. The molecule has 1 rings (SSSR count). The minimum atomic E-state index is -0.796. The molecule has 0 radical (unpaired) electrons. The van der Waals surface area contributed by atoms with Crippen LogP contribution in [0.5, 0.6) is 0 Å². The van der Waals surface area contributed by atoms with Crippen molar-refractivity contribution in [3.8, 4) is 0 Å². The molecule has 0 aliphatic carbocycles. The van der Waals surface area contributed by atoms with Crippen LogP contribution in [0.1, 0.15) is 34.1 Å². The van der Waals surface area contributed by atoms with Crippen LogP contribution < -0.4 is 5.73 Å². The second-order valence-electron chi connectivity index (χ2n) is 5.69. The molecule has 2 atom stereocenters. The highest BCUT2D eigenvalue weighted by Gasteiger charge is 2.44. The summed E-state index contributed by atoms with van der Waals surface area (Å²) in [5.41, 5.74) is 5.19. The highest BCUT2D eigenvalue weighted by Crippen LogP contribution is 2.23. The molecule has 2 amide bonds. The van der Waals surface area contributed by atoms with E-state index in [1.54, 1.807) is 30.7 Å². The van der Waals surface area contributed by atoms with Crippen LogP contribution in [0.3, 0.4) is 0 Å². The van der Waals surface area contributed by atoms with Crippen LogP contribution in [0.25, 0.3) is 0 Å². The van der Waals surface area contributed by atoms with Gasteiger partial charge in [0.25, 0.3) is 0 Å². The van der Waals surface area contributed by atoms with Gasteiger partial charge >= 0.3 is 0 Å². The molecule has 5 nitrogen and oxygen atoms in total. The molecule has 0 bridgehead atoms. The summed E-state index contributed by atoms with van der Waals surface area (Å²) in [5, 5.41) is 0. The fourth-order valence-electron chi connectivity index (χ4n) is 2.28. The quantitative estimate of drug-likeness (QED) is 0.795. The van der Waals surface area contributed by atoms with Crippen LogP contribution >= 0.6 is 0 Å². The third-order valence-electron chi connectivity index (χ3n) is 4.01. The maximum Gasteiger partial charge on any atom is 0.247 e. The van der Waals surface area contributed by atoms with Gasteiger partial charge in [-0.15, -0.1) is 0 Å². The van der Waals surface area contributed by atoms with E-state index in [1.165, 1.54) is 0 Å². The van der Waals surface area contributed by atoms with E-state index >= 15 is 0 Å². The average molecular weight is 255 g/mol. The van der Waals surface area contributed by atoms with Crippen molar-refractivity contribution >= 4 is 11.8 Å². The van der Waals surface area contributed by atoms with Gasteiger partial charge in [0.1, 0.15) is 5.54 Å². The fraction of sp³-hybridized carbons (Fsp3) is 0.846. The Labute approximate surface area is 109 Å². The van der Waals surface area contributed by atoms with Gasteiger partial charge in [0, 0.05) is 20.1 Å². The van der Waals surface area contributed by atoms with Crippen molar-refractivity contribution in [3.05, 3.63) is 0 Å². The van der Waals surface area contributed by atoms with Gasteiger partial charge < -0.3 is 15.5 Å². The van der Waals surface area contributed by atoms with Gasteiger partial charge in [-0.1, -0.05) is 20.3 Å². The standard InChI is InChI=1S/C13H25N3O2/c1-6-9(2)10(14)11(17)16-8-7-15(5)12(18)13(16,3)4/h9-10H,6-8,14H2,1-5H3/t9?,10-/m0/s1. The van der Waals surface area contributed by atoms with E-state index in [4.69, 9.17) is 5.73 Å². The van der Waals surface area contributed by atoms with Gasteiger partial charge in [0.05, 0.1) is 6.04 Å². The molecule has 1 fully saturated rings. The van der Waals surface area contributed by atoms with E-state index in [-0.39, 0.29) is 17.7 Å². The van der Waals surface area contributed by atoms with E-state index in [0.717, 1.165) is 6.42 Å². The molecule has 0 aromatic carbocycles. The summed E-state index contributed by atoms with van der Waals surface area (Å²) in [6.07, 6.45) is 0.856. The molecular weight excluding hydrogens is 230 g/mol. The summed E-state index contributed by atoms with van der Waals surface area (Å²) >= 11 is 0. The predicted molar refractivity (Wildman–Crippen MR) is 70.9 cm³/mol. The lowest BCUT2D eigenvalue weighted by Crippen LogP contribution is -2.66. The van der Waals surface area contributed by atoms with E-state index in [2.05, 4.69) is 0 Å². The van der Waals surface area contributed by atoms with Crippen molar-refractivity contribution in [3.63, 3.8) is 0 Å². The van der Waals surface area contributed by atoms with Gasteiger partial charge in [-0.2, -0.15) is 0 Å². The summed E-state index contributed by atoms with van der Waals surface area (Å²) in [7, 11) is 1.76. The summed E-state index contributed by atoms with van der Waals surface area (Å²) in [6, 6.07) is -0.523. The smallest absolute Gasteiger partial charge is 0.247 e. The summed E-state index contributed by atoms with van der Waals surface area (Å²) in [6.45, 7) is 8.67. The molecule has 5 heteroatoms. The van der Waals surface area contributed by atoms with E-state index in [0.29, 0.717) is 13.1 Å². The summed E-state index contributed by atoms with van der Waals surface area (Å²) < 4.78 is 0. The normalized spacial score (nSPS) is 22.9. The molecule has 104 valence electrons. The van der Waals surface area contributed by atoms with Gasteiger partial charge in [0.2, 0.25) is 11.8 Å². The molecule has 1 unspecified atom stereocenters. The van der Waals surface area contributed by atoms with Gasteiger partial charge in [-0.3, -0.25) is 9.59 Å². The van der Waals surface area contributed by atoms with E-state index < -0.39 is 11.6 Å². The molecular formula is C13H25N3O2. The van der Waals surface area contributed by atoms with Crippen molar-refractivity contribution in [2.24, 2.45) is 11.7 Å². The first-order valence-electron chi connectivity index (χ1n) is 6.56. The first-order valence-corrected chi connectivity index (χ1v) is 6.56. The van der Waals surface area contributed by atoms with Crippen molar-refractivity contribution < 1.29 is 9.59 Å². The number of carbonyl (C=O) groups is 2. The lowest BCUT2D eigenvalue weighted by molar-refractivity contribution is -0.158. The Morgan fingerprint density at radius 1 is 1.44 bits per heavy atom. The SMILES string of the molecule is CCC(C)[C@H](N)C(=O)N1CCN(C)C(=O)C1(C)C. The predicted octanol–water partition coefficient (Wildman–Crippen LogP) is 0.439. The highest BCUT2D eigenvalue weighted by molar-refractivity contribution is 5.93. The van der Waals surface area contributed by atoms with E-state index in [1.807, 2.05) is 13.8 Å². The Bertz CT molecular complexity index is 341. The maximum absolute atomic E-state index is 12.4.